The summed E-state index contributed by atoms with van der Waals surface area (Å²) in [6, 6.07) is 6.70. The molecule has 0 bridgehead atoms. The van der Waals surface area contributed by atoms with Gasteiger partial charge in [-0.3, -0.25) is 14.4 Å². The van der Waals surface area contributed by atoms with Gasteiger partial charge in [-0.2, -0.15) is 4.31 Å². The molecule has 4 rings (SSSR count). The SMILES string of the molecule is CC(C)C[C@@H](NC(=O)c1cc2sccc2s1)C(=O)N[C@@H]1CCCN(S(=O)(=O)c2ccccn2)CC1=O. The summed E-state index contributed by atoms with van der Waals surface area (Å²) in [5.74, 6) is -1.05. The van der Waals surface area contributed by atoms with Crippen molar-refractivity contribution in [2.45, 2.75) is 50.2 Å². The van der Waals surface area contributed by atoms with Crippen molar-refractivity contribution in [1.29, 1.82) is 0 Å². The van der Waals surface area contributed by atoms with Crippen LogP contribution in [0.3, 0.4) is 0 Å². The summed E-state index contributed by atoms with van der Waals surface area (Å²) in [4.78, 5) is 43.5. The molecule has 1 aliphatic heterocycles. The Labute approximate surface area is 218 Å². The number of carbonyl (C=O) groups is 3. The number of hydrogen-bond acceptors (Lipinski definition) is 8. The number of nitrogens with zero attached hydrogens (tertiary/aromatic N) is 2. The molecule has 0 aliphatic carbocycles. The predicted molar refractivity (Wildman–Crippen MR) is 140 cm³/mol. The first-order valence-corrected chi connectivity index (χ1v) is 14.8. The Hall–Kier alpha value is -2.67. The predicted octanol–water partition coefficient (Wildman–Crippen LogP) is 3.04. The molecule has 2 atom stereocenters. The number of Topliss-reactive ketones (excluding diaryl/α,β-unsaturated/α-hetero) is 1. The number of ketones is 1. The summed E-state index contributed by atoms with van der Waals surface area (Å²) in [7, 11) is -3.92. The number of fused-ring (bicyclic) bond motifs is 1. The van der Waals surface area contributed by atoms with E-state index in [1.54, 1.807) is 23.5 Å². The summed E-state index contributed by atoms with van der Waals surface area (Å²) in [6.45, 7) is 3.70. The van der Waals surface area contributed by atoms with Crippen molar-refractivity contribution in [1.82, 2.24) is 19.9 Å². The lowest BCUT2D eigenvalue weighted by atomic mass is 10.0. The monoisotopic (exact) mass is 548 g/mol. The number of sulfonamides is 1. The molecule has 2 N–H and O–H groups in total. The van der Waals surface area contributed by atoms with Crippen LogP contribution >= 0.6 is 22.7 Å². The Balaban J connectivity index is 1.43. The summed E-state index contributed by atoms with van der Waals surface area (Å²) < 4.78 is 29.0. The number of nitrogens with one attached hydrogen (secondary N) is 2. The van der Waals surface area contributed by atoms with E-state index >= 15 is 0 Å². The maximum absolute atomic E-state index is 13.2. The number of carbonyl (C=O) groups excluding carboxylic acids is 3. The van der Waals surface area contributed by atoms with Crippen molar-refractivity contribution in [2.24, 2.45) is 5.92 Å². The molecule has 3 aromatic heterocycles. The molecule has 0 unspecified atom stereocenters. The van der Waals surface area contributed by atoms with Gasteiger partial charge in [0.05, 0.1) is 17.5 Å². The smallest absolute Gasteiger partial charge is 0.262 e. The third-order valence-corrected chi connectivity index (χ3v) is 9.73. The Morgan fingerprint density at radius 3 is 2.72 bits per heavy atom. The first kappa shape index (κ1) is 26.4. The second-order valence-corrected chi connectivity index (χ2v) is 13.0. The lowest BCUT2D eigenvalue weighted by molar-refractivity contribution is -0.129. The van der Waals surface area contributed by atoms with Crippen LogP contribution in [-0.4, -0.2) is 60.5 Å². The second-order valence-electron chi connectivity index (χ2n) is 9.09. The molecular formula is C24H28N4O5S3. The van der Waals surface area contributed by atoms with Crippen LogP contribution in [0.2, 0.25) is 0 Å². The molecule has 36 heavy (non-hydrogen) atoms. The quantitative estimate of drug-likeness (QED) is 0.446. The molecule has 1 fully saturated rings. The van der Waals surface area contributed by atoms with Crippen molar-refractivity contribution >= 4 is 59.7 Å². The maximum Gasteiger partial charge on any atom is 0.262 e. The van der Waals surface area contributed by atoms with Crippen LogP contribution in [0.1, 0.15) is 42.8 Å². The molecule has 1 aliphatic rings. The van der Waals surface area contributed by atoms with Gasteiger partial charge >= 0.3 is 0 Å². The Kier molecular flexibility index (Phi) is 8.18. The molecule has 1 saturated heterocycles. The van der Waals surface area contributed by atoms with Gasteiger partial charge in [-0.15, -0.1) is 22.7 Å². The van der Waals surface area contributed by atoms with E-state index in [2.05, 4.69) is 15.6 Å². The highest BCUT2D eigenvalue weighted by molar-refractivity contribution is 7.89. The number of amides is 2. The molecule has 0 aromatic carbocycles. The van der Waals surface area contributed by atoms with Crippen molar-refractivity contribution < 1.29 is 22.8 Å². The minimum absolute atomic E-state index is 0.117. The Morgan fingerprint density at radius 1 is 1.22 bits per heavy atom. The zero-order chi connectivity index (χ0) is 25.9. The summed E-state index contributed by atoms with van der Waals surface area (Å²) in [6.07, 6.45) is 2.49. The largest absolute Gasteiger partial charge is 0.344 e. The average molecular weight is 549 g/mol. The fourth-order valence-corrected chi connectivity index (χ4v) is 7.46. The van der Waals surface area contributed by atoms with Gasteiger partial charge in [-0.05, 0) is 54.8 Å². The van der Waals surface area contributed by atoms with E-state index in [-0.39, 0.29) is 29.9 Å². The minimum Gasteiger partial charge on any atom is -0.344 e. The standard InChI is InChI=1S/C24H28N4O5S3/c1-15(2)12-17(27-24(31)21-13-20-19(35-21)8-11-34-20)23(30)26-16-6-5-10-28(14-18(16)29)36(32,33)22-7-3-4-9-25-22/h3-4,7-9,11,13,15-17H,5-6,10,12,14H2,1-2H3,(H,26,30)(H,27,31)/t16-,17-/m1/s1. The van der Waals surface area contributed by atoms with E-state index in [0.717, 1.165) is 13.7 Å². The van der Waals surface area contributed by atoms with E-state index < -0.39 is 33.8 Å². The normalized spacial score (nSPS) is 18.2. The van der Waals surface area contributed by atoms with Crippen LogP contribution in [0.15, 0.2) is 46.9 Å². The molecule has 3 aromatic rings. The zero-order valence-corrected chi connectivity index (χ0v) is 22.4. The molecule has 0 radical (unpaired) electrons. The Bertz CT molecular complexity index is 1320. The number of thiophene rings is 2. The number of pyridine rings is 1. The highest BCUT2D eigenvalue weighted by Crippen LogP contribution is 2.30. The Morgan fingerprint density at radius 2 is 2.03 bits per heavy atom. The number of hydrogen-bond donors (Lipinski definition) is 2. The van der Waals surface area contributed by atoms with Crippen LogP contribution in [0, 0.1) is 5.92 Å². The molecule has 192 valence electrons. The average Bonchev–Trinajstić information content (AvgIpc) is 3.40. The van der Waals surface area contributed by atoms with Crippen LogP contribution in [0.4, 0.5) is 0 Å². The highest BCUT2D eigenvalue weighted by atomic mass is 32.2. The van der Waals surface area contributed by atoms with E-state index in [9.17, 15) is 22.8 Å². The fourth-order valence-electron chi connectivity index (χ4n) is 4.07. The molecule has 2 amide bonds. The second kappa shape index (κ2) is 11.2. The van der Waals surface area contributed by atoms with E-state index in [1.807, 2.05) is 31.4 Å². The van der Waals surface area contributed by atoms with Crippen molar-refractivity contribution in [3.8, 4) is 0 Å². The van der Waals surface area contributed by atoms with Gasteiger partial charge in [0, 0.05) is 22.1 Å². The summed E-state index contributed by atoms with van der Waals surface area (Å²) >= 11 is 2.92. The van der Waals surface area contributed by atoms with Crippen molar-refractivity contribution in [2.75, 3.05) is 13.1 Å². The first-order valence-electron chi connectivity index (χ1n) is 11.7. The third kappa shape index (κ3) is 6.00. The number of rotatable bonds is 8. The molecule has 0 saturated carbocycles. The number of aromatic nitrogens is 1. The van der Waals surface area contributed by atoms with Gasteiger partial charge in [-0.1, -0.05) is 19.9 Å². The van der Waals surface area contributed by atoms with Gasteiger partial charge in [0.25, 0.3) is 15.9 Å². The van der Waals surface area contributed by atoms with Gasteiger partial charge in [0.2, 0.25) is 5.91 Å². The first-order chi connectivity index (χ1) is 17.1. The van der Waals surface area contributed by atoms with E-state index in [4.69, 9.17) is 0 Å². The van der Waals surface area contributed by atoms with Crippen LogP contribution in [0.25, 0.3) is 9.40 Å². The molecule has 0 spiro atoms. The van der Waals surface area contributed by atoms with Crippen LogP contribution in [-0.2, 0) is 19.6 Å². The van der Waals surface area contributed by atoms with Gasteiger partial charge in [-0.25, -0.2) is 13.4 Å². The van der Waals surface area contributed by atoms with Crippen molar-refractivity contribution in [3.63, 3.8) is 0 Å². The van der Waals surface area contributed by atoms with Gasteiger partial charge in [0.1, 0.15) is 6.04 Å². The van der Waals surface area contributed by atoms with Gasteiger partial charge < -0.3 is 10.6 Å². The minimum atomic E-state index is -3.92. The fraction of sp³-hybridized carbons (Fsp3) is 0.417. The van der Waals surface area contributed by atoms with Gasteiger partial charge in [0.15, 0.2) is 10.8 Å². The molecule has 9 nitrogen and oxygen atoms in total. The lowest BCUT2D eigenvalue weighted by Gasteiger charge is -2.23. The highest BCUT2D eigenvalue weighted by Gasteiger charge is 2.35. The summed E-state index contributed by atoms with van der Waals surface area (Å²) in [5.41, 5.74) is 0. The van der Waals surface area contributed by atoms with E-state index in [1.165, 1.54) is 23.6 Å². The lowest BCUT2D eigenvalue weighted by Crippen LogP contribution is -2.52. The van der Waals surface area contributed by atoms with Crippen molar-refractivity contribution in [3.05, 3.63) is 46.8 Å². The van der Waals surface area contributed by atoms with Crippen LogP contribution in [0.5, 0.6) is 0 Å². The third-order valence-electron chi connectivity index (χ3n) is 5.87. The van der Waals surface area contributed by atoms with E-state index in [0.29, 0.717) is 24.1 Å². The maximum atomic E-state index is 13.2. The molecule has 12 heteroatoms. The van der Waals surface area contributed by atoms with Crippen LogP contribution < -0.4 is 10.6 Å². The summed E-state index contributed by atoms with van der Waals surface area (Å²) in [5, 5.41) is 7.44. The molecular weight excluding hydrogens is 520 g/mol. The zero-order valence-electron chi connectivity index (χ0n) is 20.0. The molecule has 4 heterocycles. The topological polar surface area (TPSA) is 126 Å².